The summed E-state index contributed by atoms with van der Waals surface area (Å²) in [5.41, 5.74) is 2.96. The average Bonchev–Trinajstić information content (AvgIpc) is 3.19. The Balaban J connectivity index is 2.02. The van der Waals surface area contributed by atoms with Crippen LogP contribution in [0.25, 0.3) is 11.1 Å². The fraction of sp³-hybridized carbons (Fsp3) is 0.476. The Labute approximate surface area is 176 Å². The second-order valence-corrected chi connectivity index (χ2v) is 7.42. The number of aromatic nitrogens is 2. The monoisotopic (exact) mass is 416 g/mol. The summed E-state index contributed by atoms with van der Waals surface area (Å²) in [6.45, 7) is 6.97. The van der Waals surface area contributed by atoms with Gasteiger partial charge in [0.25, 0.3) is 0 Å². The lowest BCUT2D eigenvalue weighted by molar-refractivity contribution is 0.121. The number of amides is 2. The molecule has 1 atom stereocenters. The molecule has 0 radical (unpaired) electrons. The lowest BCUT2D eigenvalue weighted by Gasteiger charge is -2.40. The van der Waals surface area contributed by atoms with Crippen LogP contribution >= 0.6 is 0 Å². The Morgan fingerprint density at radius 1 is 1.17 bits per heavy atom. The Morgan fingerprint density at radius 3 is 2.60 bits per heavy atom. The molecule has 0 saturated carbocycles. The van der Waals surface area contributed by atoms with E-state index in [1.165, 1.54) is 7.11 Å². The molecular formula is C21H28N4O5. The number of hydrogen-bond donors (Lipinski definition) is 0. The minimum absolute atomic E-state index is 0.253. The first kappa shape index (κ1) is 21.6. The number of ether oxygens (including phenoxy) is 3. The van der Waals surface area contributed by atoms with E-state index >= 15 is 0 Å². The number of methoxy groups -OCH3 is 2. The van der Waals surface area contributed by atoms with Crippen molar-refractivity contribution in [1.29, 1.82) is 0 Å². The number of carbonyl (C=O) groups is 2. The molecule has 1 aromatic carbocycles. The van der Waals surface area contributed by atoms with Crippen molar-refractivity contribution in [3.8, 4) is 11.1 Å². The molecule has 1 aliphatic rings. The summed E-state index contributed by atoms with van der Waals surface area (Å²) < 4.78 is 17.3. The van der Waals surface area contributed by atoms with Crippen molar-refractivity contribution < 1.29 is 23.8 Å². The first-order chi connectivity index (χ1) is 14.3. The van der Waals surface area contributed by atoms with Gasteiger partial charge >= 0.3 is 12.2 Å². The molecule has 162 valence electrons. The van der Waals surface area contributed by atoms with E-state index in [0.29, 0.717) is 31.1 Å². The van der Waals surface area contributed by atoms with Gasteiger partial charge in [-0.05, 0) is 38.5 Å². The summed E-state index contributed by atoms with van der Waals surface area (Å²) in [7, 11) is 2.99. The van der Waals surface area contributed by atoms with E-state index in [-0.39, 0.29) is 12.1 Å². The Bertz CT molecular complexity index is 911. The van der Waals surface area contributed by atoms with Crippen molar-refractivity contribution in [3.63, 3.8) is 0 Å². The minimum Gasteiger partial charge on any atom is -0.452 e. The lowest BCUT2D eigenvalue weighted by atomic mass is 10.0. The molecule has 30 heavy (non-hydrogen) atoms. The van der Waals surface area contributed by atoms with Crippen molar-refractivity contribution in [1.82, 2.24) is 9.78 Å². The number of anilines is 2. The standard InChI is InChI=1S/C21H28N4O5/c1-14(2)30-20(26)24-12-15(3)25(21(27)29-5)18-7-6-16(10-19(18)24)17-11-22-23(13-17)8-9-28-4/h6-7,10-11,13-15H,8-9,12H2,1-5H3. The van der Waals surface area contributed by atoms with Crippen LogP contribution in [-0.2, 0) is 20.8 Å². The molecular weight excluding hydrogens is 388 g/mol. The van der Waals surface area contributed by atoms with Crippen molar-refractivity contribution >= 4 is 23.6 Å². The second-order valence-electron chi connectivity index (χ2n) is 7.42. The Kier molecular flexibility index (Phi) is 6.61. The highest BCUT2D eigenvalue weighted by atomic mass is 16.6. The van der Waals surface area contributed by atoms with E-state index in [2.05, 4.69) is 5.10 Å². The minimum atomic E-state index is -0.472. The molecule has 2 aromatic rings. The molecule has 9 nitrogen and oxygen atoms in total. The summed E-state index contributed by atoms with van der Waals surface area (Å²) in [5.74, 6) is 0. The summed E-state index contributed by atoms with van der Waals surface area (Å²) in [6.07, 6.45) is 2.51. The maximum atomic E-state index is 12.8. The maximum Gasteiger partial charge on any atom is 0.414 e. The molecule has 0 fully saturated rings. The fourth-order valence-corrected chi connectivity index (χ4v) is 3.44. The molecule has 1 unspecified atom stereocenters. The van der Waals surface area contributed by atoms with Crippen molar-refractivity contribution in [2.24, 2.45) is 0 Å². The third kappa shape index (κ3) is 4.40. The van der Waals surface area contributed by atoms with Gasteiger partial charge in [0.05, 0.1) is 56.5 Å². The van der Waals surface area contributed by atoms with Crippen LogP contribution < -0.4 is 9.80 Å². The second kappa shape index (κ2) is 9.17. The van der Waals surface area contributed by atoms with Crippen molar-refractivity contribution in [2.75, 3.05) is 37.2 Å². The van der Waals surface area contributed by atoms with E-state index in [0.717, 1.165) is 11.1 Å². The summed E-state index contributed by atoms with van der Waals surface area (Å²) in [6, 6.07) is 5.32. The lowest BCUT2D eigenvalue weighted by Crippen LogP contribution is -2.52. The number of hydrogen-bond acceptors (Lipinski definition) is 6. The van der Waals surface area contributed by atoms with Gasteiger partial charge in [-0.15, -0.1) is 0 Å². The number of carbonyl (C=O) groups excluding carboxylic acids is 2. The van der Waals surface area contributed by atoms with Gasteiger partial charge in [0.2, 0.25) is 0 Å². The molecule has 0 N–H and O–H groups in total. The maximum absolute atomic E-state index is 12.8. The quantitative estimate of drug-likeness (QED) is 0.741. The normalized spacial score (nSPS) is 15.9. The molecule has 1 aliphatic heterocycles. The van der Waals surface area contributed by atoms with Gasteiger partial charge in [-0.2, -0.15) is 5.10 Å². The van der Waals surface area contributed by atoms with Crippen LogP contribution in [0.5, 0.6) is 0 Å². The van der Waals surface area contributed by atoms with Gasteiger partial charge in [-0.1, -0.05) is 6.07 Å². The van der Waals surface area contributed by atoms with Crippen LogP contribution in [0.15, 0.2) is 30.6 Å². The van der Waals surface area contributed by atoms with Gasteiger partial charge in [0.1, 0.15) is 0 Å². The molecule has 1 aromatic heterocycles. The molecule has 2 heterocycles. The molecule has 0 saturated heterocycles. The number of nitrogens with zero attached hydrogens (tertiary/aromatic N) is 4. The molecule has 0 aliphatic carbocycles. The molecule has 9 heteroatoms. The number of fused-ring (bicyclic) bond motifs is 1. The van der Waals surface area contributed by atoms with Crippen molar-refractivity contribution in [3.05, 3.63) is 30.6 Å². The first-order valence-electron chi connectivity index (χ1n) is 9.86. The fourth-order valence-electron chi connectivity index (χ4n) is 3.44. The van der Waals surface area contributed by atoms with Gasteiger partial charge < -0.3 is 14.2 Å². The highest BCUT2D eigenvalue weighted by molar-refractivity contribution is 6.01. The zero-order valence-electron chi connectivity index (χ0n) is 18.0. The average molecular weight is 416 g/mol. The topological polar surface area (TPSA) is 86.1 Å². The highest BCUT2D eigenvalue weighted by Gasteiger charge is 2.36. The van der Waals surface area contributed by atoms with Crippen LogP contribution in [0.4, 0.5) is 21.0 Å². The number of rotatable bonds is 5. The van der Waals surface area contributed by atoms with Gasteiger partial charge in [-0.3, -0.25) is 14.5 Å². The van der Waals surface area contributed by atoms with E-state index in [1.807, 2.05) is 31.3 Å². The third-order valence-corrected chi connectivity index (χ3v) is 4.83. The summed E-state index contributed by atoms with van der Waals surface area (Å²) >= 11 is 0. The van der Waals surface area contributed by atoms with Crippen molar-refractivity contribution in [2.45, 2.75) is 39.5 Å². The van der Waals surface area contributed by atoms with E-state index in [9.17, 15) is 9.59 Å². The smallest absolute Gasteiger partial charge is 0.414 e. The van der Waals surface area contributed by atoms with Crippen LogP contribution in [0, 0.1) is 0 Å². The van der Waals surface area contributed by atoms with Gasteiger partial charge in [0, 0.05) is 18.9 Å². The highest BCUT2D eigenvalue weighted by Crippen LogP contribution is 2.39. The number of benzene rings is 1. The van der Waals surface area contributed by atoms with E-state index in [1.54, 1.807) is 41.6 Å². The summed E-state index contributed by atoms with van der Waals surface area (Å²) in [4.78, 5) is 28.3. The Morgan fingerprint density at radius 2 is 1.93 bits per heavy atom. The first-order valence-corrected chi connectivity index (χ1v) is 9.86. The van der Waals surface area contributed by atoms with Crippen LogP contribution in [0.3, 0.4) is 0 Å². The van der Waals surface area contributed by atoms with Crippen LogP contribution in [-0.4, -0.2) is 61.5 Å². The zero-order chi connectivity index (χ0) is 21.8. The third-order valence-electron chi connectivity index (χ3n) is 4.83. The van der Waals surface area contributed by atoms with E-state index in [4.69, 9.17) is 14.2 Å². The zero-order valence-corrected chi connectivity index (χ0v) is 18.0. The van der Waals surface area contributed by atoms with E-state index < -0.39 is 12.2 Å². The molecule has 0 bridgehead atoms. The van der Waals surface area contributed by atoms with Gasteiger partial charge in [-0.25, -0.2) is 9.59 Å². The molecule has 0 spiro atoms. The van der Waals surface area contributed by atoms with Crippen LogP contribution in [0.2, 0.25) is 0 Å². The summed E-state index contributed by atoms with van der Waals surface area (Å²) in [5, 5.41) is 4.35. The van der Waals surface area contributed by atoms with Gasteiger partial charge in [0.15, 0.2) is 0 Å². The SMILES string of the molecule is COCCn1cc(-c2ccc3c(c2)N(C(=O)OC(C)C)CC(C)N3C(=O)OC)cn1. The molecule has 2 amide bonds. The predicted octanol–water partition coefficient (Wildman–Crippen LogP) is 3.52. The van der Waals surface area contributed by atoms with Crippen LogP contribution in [0.1, 0.15) is 20.8 Å². The Hall–Kier alpha value is -3.07. The predicted molar refractivity (Wildman–Crippen MR) is 113 cm³/mol. The largest absolute Gasteiger partial charge is 0.452 e. The molecule has 3 rings (SSSR count).